The molecule has 1 fully saturated rings. The van der Waals surface area contributed by atoms with E-state index in [4.69, 9.17) is 12.2 Å². The lowest BCUT2D eigenvalue weighted by Crippen LogP contribution is -2.42. The van der Waals surface area contributed by atoms with Crippen molar-refractivity contribution in [2.24, 2.45) is 5.92 Å². The predicted molar refractivity (Wildman–Crippen MR) is 86.9 cm³/mol. The monoisotopic (exact) mass is 297 g/mol. The van der Waals surface area contributed by atoms with Crippen LogP contribution in [0.5, 0.6) is 0 Å². The van der Waals surface area contributed by atoms with Crippen molar-refractivity contribution in [1.29, 1.82) is 0 Å². The number of nitrogens with one attached hydrogen (secondary N) is 2. The highest BCUT2D eigenvalue weighted by molar-refractivity contribution is 7.80. The number of thiocarbonyl (C=S) groups is 1. The fraction of sp³-hybridized carbons (Fsp3) is 0.643. The lowest BCUT2D eigenvalue weighted by atomic mass is 9.94. The number of rotatable bonds is 4. The van der Waals surface area contributed by atoms with Gasteiger partial charge in [0.1, 0.15) is 0 Å². The van der Waals surface area contributed by atoms with E-state index in [0.29, 0.717) is 17.9 Å². The summed E-state index contributed by atoms with van der Waals surface area (Å²) in [5.74, 6) is 1.27. The Balaban J connectivity index is 1.89. The summed E-state index contributed by atoms with van der Waals surface area (Å²) in [4.78, 5) is 3.91. The molecule has 0 spiro atoms. The highest BCUT2D eigenvalue weighted by atomic mass is 32.1. The Bertz CT molecular complexity index is 403. The Kier molecular flexibility index (Phi) is 5.19. The van der Waals surface area contributed by atoms with Crippen molar-refractivity contribution < 1.29 is 0 Å². The van der Waals surface area contributed by atoms with E-state index in [2.05, 4.69) is 53.9 Å². The van der Waals surface area contributed by atoms with Crippen LogP contribution in [0.15, 0.2) is 17.5 Å². The molecule has 3 nitrogen and oxygen atoms in total. The molecule has 1 saturated heterocycles. The van der Waals surface area contributed by atoms with E-state index < -0.39 is 0 Å². The van der Waals surface area contributed by atoms with Gasteiger partial charge in [-0.25, -0.2) is 0 Å². The maximum atomic E-state index is 5.30. The first-order chi connectivity index (χ1) is 9.06. The standard InChI is InChI=1S/C14H23N3S2/c1-10(2)16-14(18)15-7-11-8-17(3)9-12(11)13-5-4-6-19-13/h4-6,10-12H,7-9H2,1-3H3,(H2,15,16,18). The highest BCUT2D eigenvalue weighted by Gasteiger charge is 2.32. The van der Waals surface area contributed by atoms with E-state index in [-0.39, 0.29) is 0 Å². The summed E-state index contributed by atoms with van der Waals surface area (Å²) in [5, 5.41) is 9.55. The molecular formula is C14H23N3S2. The molecule has 1 aliphatic rings. The van der Waals surface area contributed by atoms with Gasteiger partial charge in [0, 0.05) is 36.5 Å². The summed E-state index contributed by atoms with van der Waals surface area (Å²) in [7, 11) is 2.20. The van der Waals surface area contributed by atoms with Crippen LogP contribution < -0.4 is 10.6 Å². The molecule has 2 unspecified atom stereocenters. The first kappa shape index (κ1) is 14.8. The Morgan fingerprint density at radius 1 is 1.53 bits per heavy atom. The summed E-state index contributed by atoms with van der Waals surface area (Å²) in [5.41, 5.74) is 0. The molecule has 2 atom stereocenters. The predicted octanol–water partition coefficient (Wildman–Crippen LogP) is 2.27. The number of likely N-dealkylation sites (N-methyl/N-ethyl adjacent to an activating group) is 1. The van der Waals surface area contributed by atoms with Crippen molar-refractivity contribution in [3.05, 3.63) is 22.4 Å². The Morgan fingerprint density at radius 2 is 2.32 bits per heavy atom. The van der Waals surface area contributed by atoms with Gasteiger partial charge in [0.2, 0.25) is 0 Å². The molecule has 2 rings (SSSR count). The number of likely N-dealkylation sites (tertiary alicyclic amines) is 1. The maximum absolute atomic E-state index is 5.30. The molecular weight excluding hydrogens is 274 g/mol. The Hall–Kier alpha value is -0.650. The Labute approximate surface area is 125 Å². The summed E-state index contributed by atoms with van der Waals surface area (Å²) in [6.07, 6.45) is 0. The number of nitrogens with zero attached hydrogens (tertiary/aromatic N) is 1. The lowest BCUT2D eigenvalue weighted by molar-refractivity contribution is 0.394. The fourth-order valence-electron chi connectivity index (χ4n) is 2.66. The molecule has 0 bridgehead atoms. The number of hydrogen-bond acceptors (Lipinski definition) is 3. The average Bonchev–Trinajstić information content (AvgIpc) is 2.93. The molecule has 2 heterocycles. The molecule has 0 radical (unpaired) electrons. The zero-order valence-corrected chi connectivity index (χ0v) is 13.5. The van der Waals surface area contributed by atoms with Crippen LogP contribution in [-0.2, 0) is 0 Å². The van der Waals surface area contributed by atoms with Crippen LogP contribution >= 0.6 is 23.6 Å². The van der Waals surface area contributed by atoms with Crippen molar-refractivity contribution in [3.63, 3.8) is 0 Å². The van der Waals surface area contributed by atoms with E-state index in [1.807, 2.05) is 11.3 Å². The smallest absolute Gasteiger partial charge is 0.166 e. The van der Waals surface area contributed by atoms with Gasteiger partial charge in [0.05, 0.1) is 0 Å². The van der Waals surface area contributed by atoms with E-state index >= 15 is 0 Å². The van der Waals surface area contributed by atoms with Crippen molar-refractivity contribution in [3.8, 4) is 0 Å². The molecule has 106 valence electrons. The van der Waals surface area contributed by atoms with Gasteiger partial charge in [-0.2, -0.15) is 0 Å². The molecule has 5 heteroatoms. The molecule has 1 aromatic rings. The second kappa shape index (κ2) is 6.68. The zero-order chi connectivity index (χ0) is 13.8. The Morgan fingerprint density at radius 3 is 2.95 bits per heavy atom. The normalized spacial score (nSPS) is 23.8. The van der Waals surface area contributed by atoms with E-state index in [1.54, 1.807) is 0 Å². The molecule has 0 aliphatic carbocycles. The van der Waals surface area contributed by atoms with Gasteiger partial charge in [-0.15, -0.1) is 11.3 Å². The summed E-state index contributed by atoms with van der Waals surface area (Å²) >= 11 is 7.17. The van der Waals surface area contributed by atoms with Gasteiger partial charge < -0.3 is 15.5 Å². The van der Waals surface area contributed by atoms with Gasteiger partial charge in [-0.05, 0) is 50.5 Å². The largest absolute Gasteiger partial charge is 0.362 e. The first-order valence-electron chi connectivity index (χ1n) is 6.82. The molecule has 0 amide bonds. The van der Waals surface area contributed by atoms with Crippen molar-refractivity contribution in [1.82, 2.24) is 15.5 Å². The van der Waals surface area contributed by atoms with Crippen LogP contribution in [0.4, 0.5) is 0 Å². The van der Waals surface area contributed by atoms with Crippen LogP contribution in [0.3, 0.4) is 0 Å². The minimum Gasteiger partial charge on any atom is -0.362 e. The quantitative estimate of drug-likeness (QED) is 0.834. The lowest BCUT2D eigenvalue weighted by Gasteiger charge is -2.20. The minimum atomic E-state index is 0.388. The molecule has 2 N–H and O–H groups in total. The summed E-state index contributed by atoms with van der Waals surface area (Å²) in [6.45, 7) is 7.44. The van der Waals surface area contributed by atoms with Crippen molar-refractivity contribution in [2.45, 2.75) is 25.8 Å². The molecule has 1 aliphatic heterocycles. The molecule has 0 saturated carbocycles. The van der Waals surface area contributed by atoms with Gasteiger partial charge in [-0.3, -0.25) is 0 Å². The third kappa shape index (κ3) is 4.16. The first-order valence-corrected chi connectivity index (χ1v) is 8.11. The van der Waals surface area contributed by atoms with Gasteiger partial charge in [0.25, 0.3) is 0 Å². The average molecular weight is 297 g/mol. The second-order valence-electron chi connectivity index (χ2n) is 5.61. The third-order valence-electron chi connectivity index (χ3n) is 3.48. The van der Waals surface area contributed by atoms with Gasteiger partial charge in [-0.1, -0.05) is 6.07 Å². The third-order valence-corrected chi connectivity index (χ3v) is 4.74. The number of thiophene rings is 1. The maximum Gasteiger partial charge on any atom is 0.166 e. The fourth-order valence-corrected chi connectivity index (χ4v) is 3.89. The SMILES string of the molecule is CC(C)NC(=S)NCC1CN(C)CC1c1cccs1. The van der Waals surface area contributed by atoms with E-state index in [1.165, 1.54) is 4.88 Å². The minimum absolute atomic E-state index is 0.388. The van der Waals surface area contributed by atoms with Crippen LogP contribution in [0.2, 0.25) is 0 Å². The van der Waals surface area contributed by atoms with Gasteiger partial charge in [0.15, 0.2) is 5.11 Å². The van der Waals surface area contributed by atoms with Gasteiger partial charge >= 0.3 is 0 Å². The van der Waals surface area contributed by atoms with Crippen molar-refractivity contribution >= 4 is 28.7 Å². The van der Waals surface area contributed by atoms with Crippen LogP contribution in [-0.4, -0.2) is 42.7 Å². The zero-order valence-electron chi connectivity index (χ0n) is 11.8. The molecule has 0 aromatic carbocycles. The van der Waals surface area contributed by atoms with Crippen LogP contribution in [0, 0.1) is 5.92 Å². The number of hydrogen-bond donors (Lipinski definition) is 2. The molecule has 19 heavy (non-hydrogen) atoms. The van der Waals surface area contributed by atoms with Crippen LogP contribution in [0.1, 0.15) is 24.6 Å². The van der Waals surface area contributed by atoms with Crippen LogP contribution in [0.25, 0.3) is 0 Å². The van der Waals surface area contributed by atoms with Crippen molar-refractivity contribution in [2.75, 3.05) is 26.7 Å². The van der Waals surface area contributed by atoms with E-state index in [0.717, 1.165) is 24.7 Å². The highest BCUT2D eigenvalue weighted by Crippen LogP contribution is 2.33. The second-order valence-corrected chi connectivity index (χ2v) is 7.00. The molecule has 1 aromatic heterocycles. The topological polar surface area (TPSA) is 27.3 Å². The summed E-state index contributed by atoms with van der Waals surface area (Å²) in [6, 6.07) is 4.79. The summed E-state index contributed by atoms with van der Waals surface area (Å²) < 4.78 is 0. The van der Waals surface area contributed by atoms with E-state index in [9.17, 15) is 0 Å².